The van der Waals surface area contributed by atoms with Crippen LogP contribution in [0.3, 0.4) is 0 Å². The zero-order valence-electron chi connectivity index (χ0n) is 11.0. The van der Waals surface area contributed by atoms with E-state index in [1.165, 1.54) is 18.2 Å². The topological polar surface area (TPSA) is 58.6 Å². The summed E-state index contributed by atoms with van der Waals surface area (Å²) in [6.07, 6.45) is 0. The van der Waals surface area contributed by atoms with E-state index in [0.717, 1.165) is 5.56 Å². The van der Waals surface area contributed by atoms with Crippen molar-refractivity contribution in [3.8, 4) is 5.75 Å². The highest BCUT2D eigenvalue weighted by Gasteiger charge is 2.06. The zero-order valence-corrected chi connectivity index (χ0v) is 11.7. The second-order valence-corrected chi connectivity index (χ2v) is 4.68. The molecule has 6 heteroatoms. The lowest BCUT2D eigenvalue weighted by Gasteiger charge is -2.08. The molecular weight excluding hydrogens is 297 g/mol. The minimum atomic E-state index is -0.546. The molecule has 0 spiro atoms. The van der Waals surface area contributed by atoms with Crippen LogP contribution in [0.2, 0.25) is 5.02 Å². The first-order chi connectivity index (χ1) is 10.1. The van der Waals surface area contributed by atoms with Crippen molar-refractivity contribution in [2.24, 2.45) is 0 Å². The minimum absolute atomic E-state index is 0.0495. The summed E-state index contributed by atoms with van der Waals surface area (Å²) < 4.78 is 18.3. The fraction of sp³-hybridized carbons (Fsp3) is 0.133. The monoisotopic (exact) mass is 309 g/mol. The van der Waals surface area contributed by atoms with Crippen LogP contribution in [0.5, 0.6) is 5.75 Å². The van der Waals surface area contributed by atoms with E-state index in [0.29, 0.717) is 11.4 Å². The Balaban J connectivity index is 1.87. The lowest BCUT2D eigenvalue weighted by atomic mass is 10.2. The fourth-order valence-electron chi connectivity index (χ4n) is 1.61. The van der Waals surface area contributed by atoms with Crippen molar-refractivity contribution in [3.63, 3.8) is 0 Å². The van der Waals surface area contributed by atoms with E-state index in [1.807, 2.05) is 0 Å². The van der Waals surface area contributed by atoms with Crippen molar-refractivity contribution >= 4 is 23.2 Å². The summed E-state index contributed by atoms with van der Waals surface area (Å²) in [6, 6.07) is 10.6. The highest BCUT2D eigenvalue weighted by atomic mass is 35.5. The summed E-state index contributed by atoms with van der Waals surface area (Å²) in [5.74, 6) is -0.418. The van der Waals surface area contributed by atoms with E-state index in [2.05, 4.69) is 5.32 Å². The van der Waals surface area contributed by atoms with Crippen molar-refractivity contribution < 1.29 is 19.0 Å². The van der Waals surface area contributed by atoms with Crippen LogP contribution in [0.15, 0.2) is 42.5 Å². The largest absolute Gasteiger partial charge is 0.484 e. The Labute approximate surface area is 126 Å². The molecule has 0 saturated carbocycles. The third-order valence-electron chi connectivity index (χ3n) is 2.68. The third kappa shape index (κ3) is 4.44. The number of rotatable bonds is 5. The summed E-state index contributed by atoms with van der Waals surface area (Å²) in [4.78, 5) is 11.7. The maximum Gasteiger partial charge on any atom is 0.262 e. The minimum Gasteiger partial charge on any atom is -0.484 e. The second kappa shape index (κ2) is 7.06. The van der Waals surface area contributed by atoms with Gasteiger partial charge in [-0.05, 0) is 35.9 Å². The number of amides is 1. The third-order valence-corrected chi connectivity index (χ3v) is 2.97. The molecule has 0 aliphatic heterocycles. The lowest BCUT2D eigenvalue weighted by Crippen LogP contribution is -2.20. The molecule has 2 N–H and O–H groups in total. The Bertz CT molecular complexity index is 631. The molecule has 2 aromatic rings. The highest BCUT2D eigenvalue weighted by Crippen LogP contribution is 2.19. The smallest absolute Gasteiger partial charge is 0.262 e. The Morgan fingerprint density at radius 3 is 2.57 bits per heavy atom. The van der Waals surface area contributed by atoms with Gasteiger partial charge in [0.25, 0.3) is 5.91 Å². The highest BCUT2D eigenvalue weighted by molar-refractivity contribution is 6.31. The van der Waals surface area contributed by atoms with E-state index in [9.17, 15) is 9.18 Å². The molecule has 2 aromatic carbocycles. The van der Waals surface area contributed by atoms with Crippen molar-refractivity contribution in [1.29, 1.82) is 0 Å². The van der Waals surface area contributed by atoms with Gasteiger partial charge >= 0.3 is 0 Å². The molecule has 0 heterocycles. The van der Waals surface area contributed by atoms with Crippen molar-refractivity contribution in [2.45, 2.75) is 6.61 Å². The molecule has 1 amide bonds. The van der Waals surface area contributed by atoms with Crippen LogP contribution < -0.4 is 10.1 Å². The van der Waals surface area contributed by atoms with Gasteiger partial charge in [-0.3, -0.25) is 4.79 Å². The Hall–Kier alpha value is -2.11. The van der Waals surface area contributed by atoms with Crippen molar-refractivity contribution in [2.75, 3.05) is 11.9 Å². The lowest BCUT2D eigenvalue weighted by molar-refractivity contribution is -0.118. The molecule has 4 nitrogen and oxygen atoms in total. The van der Waals surface area contributed by atoms with Crippen LogP contribution in [0.1, 0.15) is 5.56 Å². The van der Waals surface area contributed by atoms with E-state index in [-0.39, 0.29) is 24.1 Å². The normalized spacial score (nSPS) is 10.2. The number of anilines is 1. The van der Waals surface area contributed by atoms with Gasteiger partial charge in [0.15, 0.2) is 6.61 Å². The van der Waals surface area contributed by atoms with Gasteiger partial charge in [-0.1, -0.05) is 23.7 Å². The number of carbonyl (C=O) groups is 1. The molecule has 0 aromatic heterocycles. The number of hydrogen-bond acceptors (Lipinski definition) is 3. The molecular formula is C15H13ClFNO3. The van der Waals surface area contributed by atoms with E-state index in [4.69, 9.17) is 21.4 Å². The number of benzene rings is 2. The Morgan fingerprint density at radius 2 is 1.95 bits per heavy atom. The Kier molecular flexibility index (Phi) is 5.14. The molecule has 0 aliphatic carbocycles. The predicted octanol–water partition coefficient (Wildman–Crippen LogP) is 2.99. The van der Waals surface area contributed by atoms with Crippen molar-refractivity contribution in [3.05, 3.63) is 58.9 Å². The molecule has 0 atom stereocenters. The number of halogens is 2. The molecule has 0 fully saturated rings. The second-order valence-electron chi connectivity index (χ2n) is 4.27. The quantitative estimate of drug-likeness (QED) is 0.892. The van der Waals surface area contributed by atoms with Crippen LogP contribution >= 0.6 is 11.6 Å². The van der Waals surface area contributed by atoms with Gasteiger partial charge in [0.2, 0.25) is 0 Å². The maximum atomic E-state index is 13.0. The van der Waals surface area contributed by atoms with Gasteiger partial charge in [-0.2, -0.15) is 0 Å². The maximum absolute atomic E-state index is 13.0. The first kappa shape index (κ1) is 15.3. The van der Waals surface area contributed by atoms with Crippen LogP contribution in [0, 0.1) is 5.82 Å². The van der Waals surface area contributed by atoms with Gasteiger partial charge in [0.05, 0.1) is 11.6 Å². The standard InChI is InChI=1S/C15H13ClFNO3/c16-13-7-11(3-6-14(13)17)18-15(20)9-21-12-4-1-10(8-19)2-5-12/h1-7,19H,8-9H2,(H,18,20). The van der Waals surface area contributed by atoms with Crippen LogP contribution in [0.4, 0.5) is 10.1 Å². The van der Waals surface area contributed by atoms with Gasteiger partial charge in [0.1, 0.15) is 11.6 Å². The van der Waals surface area contributed by atoms with E-state index < -0.39 is 5.82 Å². The number of carbonyl (C=O) groups excluding carboxylic acids is 1. The number of hydrogen-bond donors (Lipinski definition) is 2. The van der Waals surface area contributed by atoms with Gasteiger partial charge < -0.3 is 15.2 Å². The number of nitrogens with one attached hydrogen (secondary N) is 1. The average molecular weight is 310 g/mol. The first-order valence-electron chi connectivity index (χ1n) is 6.16. The number of aliphatic hydroxyl groups excluding tert-OH is 1. The summed E-state index contributed by atoms with van der Waals surface area (Å²) in [6.45, 7) is -0.237. The van der Waals surface area contributed by atoms with E-state index >= 15 is 0 Å². The molecule has 0 radical (unpaired) electrons. The van der Waals surface area contributed by atoms with Crippen LogP contribution in [-0.2, 0) is 11.4 Å². The fourth-order valence-corrected chi connectivity index (χ4v) is 1.79. The molecule has 0 aliphatic rings. The predicted molar refractivity (Wildman–Crippen MR) is 77.9 cm³/mol. The summed E-state index contributed by atoms with van der Waals surface area (Å²) >= 11 is 5.62. The SMILES string of the molecule is O=C(COc1ccc(CO)cc1)Nc1ccc(F)c(Cl)c1. The average Bonchev–Trinajstić information content (AvgIpc) is 2.49. The van der Waals surface area contributed by atoms with Gasteiger partial charge in [-0.15, -0.1) is 0 Å². The van der Waals surface area contributed by atoms with Gasteiger partial charge in [-0.25, -0.2) is 4.39 Å². The summed E-state index contributed by atoms with van der Waals surface area (Å²) in [7, 11) is 0. The molecule has 110 valence electrons. The Morgan fingerprint density at radius 1 is 1.24 bits per heavy atom. The van der Waals surface area contributed by atoms with Crippen LogP contribution in [0.25, 0.3) is 0 Å². The zero-order chi connectivity index (χ0) is 15.2. The molecule has 21 heavy (non-hydrogen) atoms. The molecule has 2 rings (SSSR count). The summed E-state index contributed by atoms with van der Waals surface area (Å²) in [5, 5.41) is 11.4. The molecule has 0 unspecified atom stereocenters. The van der Waals surface area contributed by atoms with Crippen LogP contribution in [-0.4, -0.2) is 17.6 Å². The van der Waals surface area contributed by atoms with Crippen molar-refractivity contribution in [1.82, 2.24) is 0 Å². The van der Waals surface area contributed by atoms with Gasteiger partial charge in [0, 0.05) is 5.69 Å². The summed E-state index contributed by atoms with van der Waals surface area (Å²) in [5.41, 5.74) is 1.15. The molecule has 0 bridgehead atoms. The number of aliphatic hydroxyl groups is 1. The number of ether oxygens (including phenoxy) is 1. The molecule has 0 saturated heterocycles. The van der Waals surface area contributed by atoms with E-state index in [1.54, 1.807) is 24.3 Å². The first-order valence-corrected chi connectivity index (χ1v) is 6.54.